The first-order chi connectivity index (χ1) is 8.63. The van der Waals surface area contributed by atoms with Crippen molar-refractivity contribution in [1.82, 2.24) is 5.32 Å². The summed E-state index contributed by atoms with van der Waals surface area (Å²) < 4.78 is 27.6. The lowest BCUT2D eigenvalue weighted by atomic mass is 9.90. The monoisotopic (exact) mass is 255 g/mol. The molecule has 102 valence electrons. The van der Waals surface area contributed by atoms with Gasteiger partial charge in [-0.2, -0.15) is 0 Å². The van der Waals surface area contributed by atoms with Crippen molar-refractivity contribution in [2.75, 3.05) is 6.54 Å². The molecule has 1 aromatic rings. The lowest BCUT2D eigenvalue weighted by Crippen LogP contribution is -2.25. The number of hydrogen-bond acceptors (Lipinski definition) is 1. The van der Waals surface area contributed by atoms with Gasteiger partial charge in [-0.3, -0.25) is 0 Å². The zero-order valence-corrected chi connectivity index (χ0v) is 11.5. The van der Waals surface area contributed by atoms with Crippen molar-refractivity contribution in [2.45, 2.75) is 46.1 Å². The van der Waals surface area contributed by atoms with Gasteiger partial charge in [0, 0.05) is 11.6 Å². The van der Waals surface area contributed by atoms with Crippen molar-refractivity contribution in [3.05, 3.63) is 35.4 Å². The van der Waals surface area contributed by atoms with Gasteiger partial charge in [-0.15, -0.1) is 0 Å². The van der Waals surface area contributed by atoms with E-state index in [1.165, 1.54) is 18.2 Å². The zero-order chi connectivity index (χ0) is 13.5. The van der Waals surface area contributed by atoms with E-state index in [1.807, 2.05) is 6.92 Å². The Bertz CT molecular complexity index is 341. The fourth-order valence-electron chi connectivity index (χ4n) is 2.35. The molecule has 0 aliphatic rings. The molecule has 1 unspecified atom stereocenters. The highest BCUT2D eigenvalue weighted by molar-refractivity contribution is 5.23. The second kappa shape index (κ2) is 7.47. The average molecular weight is 255 g/mol. The van der Waals surface area contributed by atoms with E-state index in [0.717, 1.165) is 19.3 Å². The molecule has 0 heterocycles. The minimum Gasteiger partial charge on any atom is -0.310 e. The summed E-state index contributed by atoms with van der Waals surface area (Å²) in [5.74, 6) is -0.410. The fourth-order valence-corrected chi connectivity index (χ4v) is 2.35. The molecule has 1 atom stereocenters. The maximum atomic E-state index is 13.8. The molecule has 0 saturated heterocycles. The Kier molecular flexibility index (Phi) is 6.27. The predicted octanol–water partition coefficient (Wildman–Crippen LogP) is 4.44. The standard InChI is InChI=1S/C15H23F2N/c1-4-11(5-2)10-14(18-6-3)15-12(16)8-7-9-13(15)17/h7-9,11,14,18H,4-6,10H2,1-3H3. The van der Waals surface area contributed by atoms with Crippen LogP contribution in [-0.4, -0.2) is 6.54 Å². The maximum Gasteiger partial charge on any atom is 0.130 e. The molecule has 18 heavy (non-hydrogen) atoms. The van der Waals surface area contributed by atoms with E-state index in [9.17, 15) is 8.78 Å². The van der Waals surface area contributed by atoms with Gasteiger partial charge >= 0.3 is 0 Å². The molecule has 0 saturated carbocycles. The van der Waals surface area contributed by atoms with Crippen LogP contribution < -0.4 is 5.32 Å². The normalized spacial score (nSPS) is 13.0. The van der Waals surface area contributed by atoms with Crippen molar-refractivity contribution >= 4 is 0 Å². The molecule has 0 aliphatic carbocycles. The molecule has 1 aromatic carbocycles. The Morgan fingerprint density at radius 1 is 1.06 bits per heavy atom. The summed E-state index contributed by atoms with van der Waals surface area (Å²) in [6.45, 7) is 6.90. The summed E-state index contributed by atoms with van der Waals surface area (Å²) in [6, 6.07) is 3.83. The number of halogens is 2. The van der Waals surface area contributed by atoms with E-state index < -0.39 is 11.6 Å². The lowest BCUT2D eigenvalue weighted by Gasteiger charge is -2.24. The third-order valence-corrected chi connectivity index (χ3v) is 3.52. The molecule has 0 radical (unpaired) electrons. The van der Waals surface area contributed by atoms with E-state index in [2.05, 4.69) is 19.2 Å². The largest absolute Gasteiger partial charge is 0.310 e. The Morgan fingerprint density at radius 2 is 1.61 bits per heavy atom. The van der Waals surface area contributed by atoms with Crippen molar-refractivity contribution in [2.24, 2.45) is 5.92 Å². The van der Waals surface area contributed by atoms with Gasteiger partial charge in [0.25, 0.3) is 0 Å². The Labute approximate surface area is 109 Å². The highest BCUT2D eigenvalue weighted by Crippen LogP contribution is 2.28. The maximum absolute atomic E-state index is 13.8. The van der Waals surface area contributed by atoms with Crippen molar-refractivity contribution < 1.29 is 8.78 Å². The summed E-state index contributed by atoms with van der Waals surface area (Å²) in [7, 11) is 0. The van der Waals surface area contributed by atoms with Crippen LogP contribution in [0.1, 0.15) is 51.6 Å². The Morgan fingerprint density at radius 3 is 2.06 bits per heavy atom. The van der Waals surface area contributed by atoms with Gasteiger partial charge in [0.1, 0.15) is 11.6 Å². The number of rotatable bonds is 7. The summed E-state index contributed by atoms with van der Waals surface area (Å²) >= 11 is 0. The molecule has 0 fully saturated rings. The topological polar surface area (TPSA) is 12.0 Å². The van der Waals surface area contributed by atoms with E-state index >= 15 is 0 Å². The summed E-state index contributed by atoms with van der Waals surface area (Å²) in [6.07, 6.45) is 2.85. The Hall–Kier alpha value is -0.960. The molecule has 1 rings (SSSR count). The van der Waals surface area contributed by atoms with Crippen LogP contribution in [0.25, 0.3) is 0 Å². The van der Waals surface area contributed by atoms with E-state index in [0.29, 0.717) is 12.5 Å². The van der Waals surface area contributed by atoms with Gasteiger partial charge in [0.2, 0.25) is 0 Å². The highest BCUT2D eigenvalue weighted by atomic mass is 19.1. The molecule has 3 heteroatoms. The molecule has 0 aromatic heterocycles. The minimum absolute atomic E-state index is 0.186. The molecule has 0 spiro atoms. The van der Waals surface area contributed by atoms with Crippen molar-refractivity contribution in [3.8, 4) is 0 Å². The third-order valence-electron chi connectivity index (χ3n) is 3.52. The lowest BCUT2D eigenvalue weighted by molar-refractivity contribution is 0.359. The number of hydrogen-bond donors (Lipinski definition) is 1. The van der Waals surface area contributed by atoms with Gasteiger partial charge in [0.15, 0.2) is 0 Å². The molecule has 0 bridgehead atoms. The zero-order valence-electron chi connectivity index (χ0n) is 11.5. The van der Waals surface area contributed by atoms with E-state index in [1.54, 1.807) is 0 Å². The molecule has 1 nitrogen and oxygen atoms in total. The van der Waals surface area contributed by atoms with E-state index in [4.69, 9.17) is 0 Å². The first-order valence-corrected chi connectivity index (χ1v) is 6.81. The van der Waals surface area contributed by atoms with Crippen LogP contribution in [0, 0.1) is 17.6 Å². The van der Waals surface area contributed by atoms with Crippen LogP contribution in [0.15, 0.2) is 18.2 Å². The predicted molar refractivity (Wildman–Crippen MR) is 71.5 cm³/mol. The molecule has 0 aliphatic heterocycles. The van der Waals surface area contributed by atoms with Gasteiger partial charge in [-0.25, -0.2) is 8.78 Å². The quantitative estimate of drug-likeness (QED) is 0.759. The average Bonchev–Trinajstić information content (AvgIpc) is 2.35. The van der Waals surface area contributed by atoms with Gasteiger partial charge in [-0.1, -0.05) is 39.7 Å². The number of nitrogens with one attached hydrogen (secondary N) is 1. The fraction of sp³-hybridized carbons (Fsp3) is 0.600. The molecule has 1 N–H and O–H groups in total. The van der Waals surface area contributed by atoms with Crippen LogP contribution >= 0.6 is 0 Å². The summed E-state index contributed by atoms with van der Waals surface area (Å²) in [4.78, 5) is 0. The SMILES string of the molecule is CCNC(CC(CC)CC)c1c(F)cccc1F. The van der Waals surface area contributed by atoms with Gasteiger partial charge in [-0.05, 0) is 31.0 Å². The summed E-state index contributed by atoms with van der Waals surface area (Å²) in [5, 5.41) is 3.20. The molecule has 0 amide bonds. The Balaban J connectivity index is 2.96. The minimum atomic E-state index is -0.452. The van der Waals surface area contributed by atoms with Crippen molar-refractivity contribution in [3.63, 3.8) is 0 Å². The van der Waals surface area contributed by atoms with Gasteiger partial charge < -0.3 is 5.32 Å². The van der Waals surface area contributed by atoms with Crippen LogP contribution in [0.4, 0.5) is 8.78 Å². The summed E-state index contributed by atoms with van der Waals surface area (Å²) in [5.41, 5.74) is 0.186. The van der Waals surface area contributed by atoms with E-state index in [-0.39, 0.29) is 11.6 Å². The second-order valence-corrected chi connectivity index (χ2v) is 4.66. The van der Waals surface area contributed by atoms with Crippen molar-refractivity contribution in [1.29, 1.82) is 0 Å². The van der Waals surface area contributed by atoms with Crippen LogP contribution in [0.3, 0.4) is 0 Å². The smallest absolute Gasteiger partial charge is 0.130 e. The first kappa shape index (κ1) is 15.1. The van der Waals surface area contributed by atoms with Crippen LogP contribution in [-0.2, 0) is 0 Å². The van der Waals surface area contributed by atoms with Crippen LogP contribution in [0.5, 0.6) is 0 Å². The highest BCUT2D eigenvalue weighted by Gasteiger charge is 2.21. The molecular formula is C15H23F2N. The molecular weight excluding hydrogens is 232 g/mol. The second-order valence-electron chi connectivity index (χ2n) is 4.66. The van der Waals surface area contributed by atoms with Gasteiger partial charge in [0.05, 0.1) is 0 Å². The number of benzene rings is 1. The third kappa shape index (κ3) is 3.77. The first-order valence-electron chi connectivity index (χ1n) is 6.81. The van der Waals surface area contributed by atoms with Crippen LogP contribution in [0.2, 0.25) is 0 Å².